The molecule has 1 aliphatic heterocycles. The number of nitrogens with zero attached hydrogens (tertiary/aromatic N) is 3. The summed E-state index contributed by atoms with van der Waals surface area (Å²) in [7, 11) is 0. The molecule has 11 nitrogen and oxygen atoms in total. The second-order valence-corrected chi connectivity index (χ2v) is 6.99. The van der Waals surface area contributed by atoms with Crippen LogP contribution in [0, 0.1) is 0 Å². The summed E-state index contributed by atoms with van der Waals surface area (Å²) in [6, 6.07) is -2.04. The molecule has 4 N–H and O–H groups in total. The highest BCUT2D eigenvalue weighted by Gasteiger charge is 2.43. The minimum atomic E-state index is -0.954. The Bertz CT molecular complexity index is 742. The third-order valence-electron chi connectivity index (χ3n) is 4.31. The molecule has 4 amide bonds. The van der Waals surface area contributed by atoms with E-state index >= 15 is 0 Å². The van der Waals surface area contributed by atoms with Crippen LogP contribution in [-0.4, -0.2) is 75.0 Å². The van der Waals surface area contributed by atoms with E-state index in [9.17, 15) is 19.2 Å². The fraction of sp³-hybridized carbons (Fsp3) is 0.556. The van der Waals surface area contributed by atoms with Crippen molar-refractivity contribution in [3.8, 4) is 0 Å². The summed E-state index contributed by atoms with van der Waals surface area (Å²) in [6.45, 7) is 4.03. The number of carboxylic acid groups (broad SMARTS) is 1. The van der Waals surface area contributed by atoms with E-state index in [1.807, 2.05) is 13.8 Å². The molecule has 1 fully saturated rings. The summed E-state index contributed by atoms with van der Waals surface area (Å²) >= 11 is 0. The fourth-order valence-electron chi connectivity index (χ4n) is 3.08. The zero-order chi connectivity index (χ0) is 21.4. The van der Waals surface area contributed by atoms with Crippen molar-refractivity contribution in [2.24, 2.45) is 0 Å². The average molecular weight is 406 g/mol. The van der Waals surface area contributed by atoms with Gasteiger partial charge in [0.05, 0.1) is 12.2 Å². The first-order chi connectivity index (χ1) is 13.8. The Morgan fingerprint density at radius 1 is 1.28 bits per heavy atom. The number of hydrogen-bond donors (Lipinski definition) is 4. The lowest BCUT2D eigenvalue weighted by Gasteiger charge is -2.27. The molecule has 158 valence electrons. The minimum Gasteiger partial charge on any atom is -0.481 e. The number of carbonyl (C=O) groups is 4. The molecular weight excluding hydrogens is 380 g/mol. The molecule has 1 aromatic rings. The van der Waals surface area contributed by atoms with Gasteiger partial charge in [-0.25, -0.2) is 9.78 Å². The van der Waals surface area contributed by atoms with E-state index in [0.717, 1.165) is 0 Å². The number of carbonyl (C=O) groups excluding carboxylic acids is 3. The van der Waals surface area contributed by atoms with Crippen LogP contribution < -0.4 is 16.0 Å². The minimum absolute atomic E-state index is 0.0777. The van der Waals surface area contributed by atoms with Gasteiger partial charge in [0.1, 0.15) is 11.7 Å². The third kappa shape index (κ3) is 6.40. The van der Waals surface area contributed by atoms with Crippen LogP contribution in [0.2, 0.25) is 0 Å². The molecule has 0 spiro atoms. The highest BCUT2D eigenvalue weighted by Crippen LogP contribution is 2.21. The molecule has 1 aromatic heterocycles. The molecule has 0 bridgehead atoms. The summed E-state index contributed by atoms with van der Waals surface area (Å²) in [6.07, 6.45) is 4.72. The number of aromatic nitrogens is 2. The highest BCUT2D eigenvalue weighted by atomic mass is 16.4. The number of aliphatic carboxylic acids is 1. The van der Waals surface area contributed by atoms with Crippen molar-refractivity contribution in [3.05, 3.63) is 24.3 Å². The van der Waals surface area contributed by atoms with Crippen molar-refractivity contribution >= 4 is 23.8 Å². The number of carboxylic acids is 1. The standard InChI is InChI=1S/C18H26N6O5/c1-11(2)22-18(29)23-12-5-9-24(17(28)13-10-19-7-8-20-13)15(12)16(27)21-6-3-4-14(25)26/h7-8,10-12,15H,3-6,9H2,1-2H3,(H,21,27)(H,25,26)(H2,22,23,29)/t12-,15+/m1/s1. The summed E-state index contributed by atoms with van der Waals surface area (Å²) in [5.74, 6) is -1.87. The van der Waals surface area contributed by atoms with E-state index in [1.165, 1.54) is 23.5 Å². The van der Waals surface area contributed by atoms with E-state index in [0.29, 0.717) is 6.42 Å². The zero-order valence-corrected chi connectivity index (χ0v) is 16.4. The maximum Gasteiger partial charge on any atom is 0.315 e. The number of amides is 4. The smallest absolute Gasteiger partial charge is 0.315 e. The Labute approximate surface area is 168 Å². The summed E-state index contributed by atoms with van der Waals surface area (Å²) < 4.78 is 0. The highest BCUT2D eigenvalue weighted by molar-refractivity contribution is 5.97. The van der Waals surface area contributed by atoms with Gasteiger partial charge in [0.25, 0.3) is 5.91 Å². The van der Waals surface area contributed by atoms with Crippen LogP contribution in [-0.2, 0) is 9.59 Å². The summed E-state index contributed by atoms with van der Waals surface area (Å²) in [4.78, 5) is 57.6. The Kier molecular flexibility index (Phi) is 7.87. The lowest BCUT2D eigenvalue weighted by molar-refractivity contribution is -0.137. The van der Waals surface area contributed by atoms with Crippen LogP contribution >= 0.6 is 0 Å². The van der Waals surface area contributed by atoms with E-state index in [-0.39, 0.29) is 37.7 Å². The second-order valence-electron chi connectivity index (χ2n) is 6.99. The summed E-state index contributed by atoms with van der Waals surface area (Å²) in [5.41, 5.74) is 0.100. The van der Waals surface area contributed by atoms with Gasteiger partial charge in [-0.1, -0.05) is 0 Å². The Morgan fingerprint density at radius 3 is 2.66 bits per heavy atom. The number of rotatable bonds is 8. The van der Waals surface area contributed by atoms with Crippen LogP contribution in [0.25, 0.3) is 0 Å². The number of nitrogens with one attached hydrogen (secondary N) is 3. The normalized spacial score (nSPS) is 18.4. The molecule has 1 aliphatic rings. The lowest BCUT2D eigenvalue weighted by atomic mass is 10.1. The maximum atomic E-state index is 12.8. The molecular formula is C18H26N6O5. The molecule has 0 aromatic carbocycles. The molecule has 0 unspecified atom stereocenters. The summed E-state index contributed by atoms with van der Waals surface area (Å²) in [5, 5.41) is 16.8. The topological polar surface area (TPSA) is 154 Å². The van der Waals surface area contributed by atoms with Gasteiger partial charge in [0, 0.05) is 37.9 Å². The van der Waals surface area contributed by atoms with Gasteiger partial charge in [0.15, 0.2) is 0 Å². The zero-order valence-electron chi connectivity index (χ0n) is 16.4. The van der Waals surface area contributed by atoms with E-state index in [1.54, 1.807) is 0 Å². The van der Waals surface area contributed by atoms with Gasteiger partial charge in [-0.2, -0.15) is 0 Å². The van der Waals surface area contributed by atoms with Gasteiger partial charge in [-0.3, -0.25) is 19.4 Å². The monoisotopic (exact) mass is 406 g/mol. The molecule has 1 saturated heterocycles. The van der Waals surface area contributed by atoms with Crippen LogP contribution in [0.15, 0.2) is 18.6 Å². The van der Waals surface area contributed by atoms with Crippen LogP contribution in [0.3, 0.4) is 0 Å². The van der Waals surface area contributed by atoms with E-state index in [4.69, 9.17) is 5.11 Å². The number of urea groups is 1. The molecule has 0 aliphatic carbocycles. The predicted octanol–water partition coefficient (Wildman–Crippen LogP) is -0.252. The van der Waals surface area contributed by atoms with Crippen molar-refractivity contribution in [1.82, 2.24) is 30.8 Å². The van der Waals surface area contributed by atoms with Gasteiger partial charge in [-0.15, -0.1) is 0 Å². The van der Waals surface area contributed by atoms with Crippen molar-refractivity contribution in [2.45, 2.75) is 51.2 Å². The van der Waals surface area contributed by atoms with Crippen LogP contribution in [0.5, 0.6) is 0 Å². The van der Waals surface area contributed by atoms with Crippen molar-refractivity contribution in [1.29, 1.82) is 0 Å². The molecule has 29 heavy (non-hydrogen) atoms. The van der Waals surface area contributed by atoms with Gasteiger partial charge < -0.3 is 26.0 Å². The molecule has 2 atom stereocenters. The van der Waals surface area contributed by atoms with Gasteiger partial charge in [0.2, 0.25) is 5.91 Å². The first-order valence-corrected chi connectivity index (χ1v) is 9.43. The lowest BCUT2D eigenvalue weighted by Crippen LogP contribution is -2.56. The molecule has 0 saturated carbocycles. The average Bonchev–Trinajstić information content (AvgIpc) is 3.07. The third-order valence-corrected chi connectivity index (χ3v) is 4.31. The van der Waals surface area contributed by atoms with E-state index in [2.05, 4.69) is 25.9 Å². The SMILES string of the molecule is CC(C)NC(=O)N[C@@H]1CCN(C(=O)c2cnccn2)[C@@H]1C(=O)NCCCC(=O)O. The Balaban J connectivity index is 2.12. The second kappa shape index (κ2) is 10.3. The Hall–Kier alpha value is -3.24. The maximum absolute atomic E-state index is 12.8. The van der Waals surface area contributed by atoms with E-state index < -0.39 is 35.9 Å². The van der Waals surface area contributed by atoms with Crippen molar-refractivity contribution < 1.29 is 24.3 Å². The van der Waals surface area contributed by atoms with Gasteiger partial charge in [-0.05, 0) is 26.7 Å². The van der Waals surface area contributed by atoms with Crippen LogP contribution in [0.1, 0.15) is 43.6 Å². The Morgan fingerprint density at radius 2 is 2.03 bits per heavy atom. The molecule has 2 rings (SSSR count). The quantitative estimate of drug-likeness (QED) is 0.434. The fourth-order valence-corrected chi connectivity index (χ4v) is 3.08. The molecule has 11 heteroatoms. The molecule has 0 radical (unpaired) electrons. The molecule has 2 heterocycles. The van der Waals surface area contributed by atoms with Crippen LogP contribution in [0.4, 0.5) is 4.79 Å². The number of likely N-dealkylation sites (tertiary alicyclic amines) is 1. The predicted molar refractivity (Wildman–Crippen MR) is 102 cm³/mol. The first-order valence-electron chi connectivity index (χ1n) is 9.43. The van der Waals surface area contributed by atoms with Crippen molar-refractivity contribution in [2.75, 3.05) is 13.1 Å². The first kappa shape index (κ1) is 22.1. The van der Waals surface area contributed by atoms with Crippen molar-refractivity contribution in [3.63, 3.8) is 0 Å². The largest absolute Gasteiger partial charge is 0.481 e. The number of hydrogen-bond acceptors (Lipinski definition) is 6. The van der Waals surface area contributed by atoms with Gasteiger partial charge >= 0.3 is 12.0 Å².